The average molecular weight is 190 g/mol. The summed E-state index contributed by atoms with van der Waals surface area (Å²) >= 11 is 0. The van der Waals surface area contributed by atoms with Crippen LogP contribution in [0.15, 0.2) is 0 Å². The topological polar surface area (TPSA) is 9.23 Å². The van der Waals surface area contributed by atoms with Crippen LogP contribution in [0.4, 0.5) is 0 Å². The van der Waals surface area contributed by atoms with Crippen molar-refractivity contribution in [3.63, 3.8) is 0 Å². The van der Waals surface area contributed by atoms with Gasteiger partial charge in [-0.25, -0.2) is 0 Å². The Morgan fingerprint density at radius 2 is 1.82 bits per heavy atom. The summed E-state index contributed by atoms with van der Waals surface area (Å²) in [6, 6.07) is 0. The van der Waals surface area contributed by atoms with E-state index in [1.807, 2.05) is 20.8 Å². The molecule has 0 aliphatic carbocycles. The van der Waals surface area contributed by atoms with Crippen LogP contribution in [0.25, 0.3) is 0 Å². The fourth-order valence-electron chi connectivity index (χ4n) is 0.442. The second-order valence-corrected chi connectivity index (χ2v) is 6.08. The molecule has 4 heteroatoms. The molecule has 0 saturated carbocycles. The van der Waals surface area contributed by atoms with Crippen LogP contribution < -0.4 is 0 Å². The van der Waals surface area contributed by atoms with E-state index >= 15 is 0 Å². The van der Waals surface area contributed by atoms with E-state index in [0.29, 0.717) is 6.61 Å². The molecule has 1 nitrogen and oxygen atoms in total. The van der Waals surface area contributed by atoms with Gasteiger partial charge in [0.25, 0.3) is 0 Å². The van der Waals surface area contributed by atoms with E-state index in [9.17, 15) is 0 Å². The van der Waals surface area contributed by atoms with Crippen LogP contribution in [-0.4, -0.2) is 25.5 Å². The molecule has 0 heterocycles. The lowest BCUT2D eigenvalue weighted by atomic mass is 9.86. The minimum atomic E-state index is -0.0791. The molecular formula is C7H17BOP2. The van der Waals surface area contributed by atoms with E-state index < -0.39 is 0 Å². The van der Waals surface area contributed by atoms with Gasteiger partial charge in [-0.05, 0) is 13.8 Å². The van der Waals surface area contributed by atoms with Gasteiger partial charge in [0.1, 0.15) is 0 Å². The number of hydrogen-bond donors (Lipinski definition) is 0. The monoisotopic (exact) mass is 190 g/mol. The third-order valence-corrected chi connectivity index (χ3v) is 2.90. The zero-order valence-electron chi connectivity index (χ0n) is 7.50. The quantitative estimate of drug-likeness (QED) is 0.485. The van der Waals surface area contributed by atoms with Gasteiger partial charge in [0, 0.05) is 4.90 Å². The molecule has 0 amide bonds. The Morgan fingerprint density at radius 1 is 1.36 bits per heavy atom. The Kier molecular flexibility index (Phi) is 5.19. The standard InChI is InChI=1S/C7H17BOP2/c1-5(2)9-4-7(10,11)6(3)8/h5-6H,4,10-11H2,1-3H3. The highest BCUT2D eigenvalue weighted by Crippen LogP contribution is 2.37. The van der Waals surface area contributed by atoms with E-state index in [4.69, 9.17) is 12.6 Å². The molecule has 0 aromatic heterocycles. The highest BCUT2D eigenvalue weighted by Gasteiger charge is 2.22. The lowest BCUT2D eigenvalue weighted by molar-refractivity contribution is 0.0745. The molecule has 0 fully saturated rings. The molecule has 3 atom stereocenters. The van der Waals surface area contributed by atoms with Crippen molar-refractivity contribution in [2.24, 2.45) is 0 Å². The lowest BCUT2D eigenvalue weighted by Crippen LogP contribution is -2.26. The van der Waals surface area contributed by atoms with Crippen molar-refractivity contribution in [3.05, 3.63) is 0 Å². The predicted molar refractivity (Wildman–Crippen MR) is 58.4 cm³/mol. The minimum Gasteiger partial charge on any atom is -0.378 e. The molecule has 0 rings (SSSR count). The van der Waals surface area contributed by atoms with Crippen LogP contribution in [0, 0.1) is 0 Å². The molecule has 0 aliphatic rings. The second kappa shape index (κ2) is 4.80. The Bertz CT molecular complexity index is 115. The summed E-state index contributed by atoms with van der Waals surface area (Å²) in [5, 5.41) is 0. The largest absolute Gasteiger partial charge is 0.378 e. The summed E-state index contributed by atoms with van der Waals surface area (Å²) in [5.74, 6) is 0.108. The minimum absolute atomic E-state index is 0.0791. The van der Waals surface area contributed by atoms with Crippen molar-refractivity contribution in [3.8, 4) is 0 Å². The van der Waals surface area contributed by atoms with E-state index in [-0.39, 0.29) is 16.8 Å². The highest BCUT2D eigenvalue weighted by molar-refractivity contribution is 7.40. The first-order chi connectivity index (χ1) is 4.86. The Hall–Kier alpha value is 0.885. The molecule has 2 radical (unpaired) electrons. The van der Waals surface area contributed by atoms with Crippen LogP contribution >= 0.6 is 18.5 Å². The first-order valence-electron chi connectivity index (χ1n) is 3.81. The number of rotatable bonds is 4. The second-order valence-electron chi connectivity index (χ2n) is 3.26. The predicted octanol–water partition coefficient (Wildman–Crippen LogP) is 1.83. The molecule has 0 saturated heterocycles. The molecule has 0 aromatic carbocycles. The van der Waals surface area contributed by atoms with Gasteiger partial charge in [0.2, 0.25) is 0 Å². The highest BCUT2D eigenvalue weighted by atomic mass is 31.1. The maximum absolute atomic E-state index is 5.73. The third-order valence-electron chi connectivity index (χ3n) is 1.51. The SMILES string of the molecule is [B]C(C)C(P)(P)COC(C)C. The first kappa shape index (κ1) is 11.9. The van der Waals surface area contributed by atoms with Gasteiger partial charge in [0.15, 0.2) is 0 Å². The maximum Gasteiger partial charge on any atom is 0.0713 e. The van der Waals surface area contributed by atoms with Crippen LogP contribution in [0.3, 0.4) is 0 Å². The summed E-state index contributed by atoms with van der Waals surface area (Å²) in [6.45, 7) is 6.68. The van der Waals surface area contributed by atoms with Crippen molar-refractivity contribution < 1.29 is 4.74 Å². The summed E-state index contributed by atoms with van der Waals surface area (Å²) in [5.41, 5.74) is 0. The van der Waals surface area contributed by atoms with Gasteiger partial charge in [0.05, 0.1) is 20.6 Å². The molecule has 11 heavy (non-hydrogen) atoms. The van der Waals surface area contributed by atoms with Gasteiger partial charge in [-0.2, -0.15) is 0 Å². The Balaban J connectivity index is 3.73. The van der Waals surface area contributed by atoms with Crippen LogP contribution in [0.5, 0.6) is 0 Å². The maximum atomic E-state index is 5.73. The third kappa shape index (κ3) is 5.18. The van der Waals surface area contributed by atoms with Gasteiger partial charge >= 0.3 is 0 Å². The van der Waals surface area contributed by atoms with Crippen molar-refractivity contribution in [2.75, 3.05) is 6.61 Å². The molecule has 0 spiro atoms. The van der Waals surface area contributed by atoms with Gasteiger partial charge < -0.3 is 4.74 Å². The molecule has 0 bridgehead atoms. The van der Waals surface area contributed by atoms with Crippen LogP contribution in [0.1, 0.15) is 20.8 Å². The summed E-state index contributed by atoms with van der Waals surface area (Å²) < 4.78 is 5.45. The molecule has 3 unspecified atom stereocenters. The lowest BCUT2D eigenvalue weighted by Gasteiger charge is -2.29. The Labute approximate surface area is 75.9 Å². The normalized spacial score (nSPS) is 15.5. The smallest absolute Gasteiger partial charge is 0.0713 e. The molecule has 0 aliphatic heterocycles. The van der Waals surface area contributed by atoms with E-state index in [1.165, 1.54) is 0 Å². The van der Waals surface area contributed by atoms with E-state index in [0.717, 1.165) is 0 Å². The summed E-state index contributed by atoms with van der Waals surface area (Å²) in [4.78, 5) is -0.0791. The summed E-state index contributed by atoms with van der Waals surface area (Å²) in [6.07, 6.45) is 0.272. The van der Waals surface area contributed by atoms with E-state index in [1.54, 1.807) is 0 Å². The fraction of sp³-hybridized carbons (Fsp3) is 1.00. The molecular weight excluding hydrogens is 173 g/mol. The average Bonchev–Trinajstić information content (AvgIpc) is 1.84. The molecule has 0 aromatic rings. The number of hydrogen-bond acceptors (Lipinski definition) is 1. The van der Waals surface area contributed by atoms with Gasteiger partial charge in [-0.15, -0.1) is 18.5 Å². The number of ether oxygens (including phenoxy) is 1. The zero-order chi connectivity index (χ0) is 9.07. The Morgan fingerprint density at radius 3 is 2.09 bits per heavy atom. The molecule has 64 valence electrons. The van der Waals surface area contributed by atoms with Gasteiger partial charge in [-0.1, -0.05) is 12.7 Å². The van der Waals surface area contributed by atoms with Gasteiger partial charge in [-0.3, -0.25) is 0 Å². The van der Waals surface area contributed by atoms with Crippen LogP contribution in [-0.2, 0) is 4.74 Å². The molecule has 0 N–H and O–H groups in total. The van der Waals surface area contributed by atoms with Crippen molar-refractivity contribution >= 4 is 26.3 Å². The van der Waals surface area contributed by atoms with Crippen molar-refractivity contribution in [2.45, 2.75) is 37.6 Å². The van der Waals surface area contributed by atoms with Crippen LogP contribution in [0.2, 0.25) is 5.82 Å². The fourth-order valence-corrected chi connectivity index (χ4v) is 0.635. The zero-order valence-corrected chi connectivity index (χ0v) is 9.81. The van der Waals surface area contributed by atoms with E-state index in [2.05, 4.69) is 18.5 Å². The first-order valence-corrected chi connectivity index (χ1v) is 4.96. The summed E-state index contributed by atoms with van der Waals surface area (Å²) in [7, 11) is 11.2. The van der Waals surface area contributed by atoms with Crippen molar-refractivity contribution in [1.29, 1.82) is 0 Å². The van der Waals surface area contributed by atoms with Crippen molar-refractivity contribution in [1.82, 2.24) is 0 Å².